The highest BCUT2D eigenvalue weighted by atomic mass is 16.5. The standard InChI is InChI=1S/C10H18N2O3/c1-9-3-4-12(11-9)7-10(13)8-15-6-5-14-2/h3-4,10,13H,5-8H2,1-2H3. The normalized spacial score (nSPS) is 13.0. The molecule has 5 heteroatoms. The van der Waals surface area contributed by atoms with E-state index in [-0.39, 0.29) is 0 Å². The maximum Gasteiger partial charge on any atom is 0.0969 e. The highest BCUT2D eigenvalue weighted by Crippen LogP contribution is 1.96. The molecule has 1 atom stereocenters. The summed E-state index contributed by atoms with van der Waals surface area (Å²) < 4.78 is 11.7. The van der Waals surface area contributed by atoms with E-state index in [1.807, 2.05) is 19.2 Å². The van der Waals surface area contributed by atoms with Crippen LogP contribution < -0.4 is 0 Å². The summed E-state index contributed by atoms with van der Waals surface area (Å²) in [5.41, 5.74) is 0.947. The topological polar surface area (TPSA) is 56.5 Å². The van der Waals surface area contributed by atoms with Gasteiger partial charge < -0.3 is 14.6 Å². The van der Waals surface area contributed by atoms with Gasteiger partial charge in [0, 0.05) is 13.3 Å². The van der Waals surface area contributed by atoms with Gasteiger partial charge in [0.1, 0.15) is 0 Å². The maximum absolute atomic E-state index is 9.58. The van der Waals surface area contributed by atoms with Gasteiger partial charge >= 0.3 is 0 Å². The molecule has 1 aromatic heterocycles. The number of aliphatic hydroxyl groups is 1. The minimum absolute atomic E-state index is 0.308. The van der Waals surface area contributed by atoms with Gasteiger partial charge in [-0.05, 0) is 13.0 Å². The van der Waals surface area contributed by atoms with E-state index in [0.29, 0.717) is 26.4 Å². The lowest BCUT2D eigenvalue weighted by Gasteiger charge is -2.10. The quantitative estimate of drug-likeness (QED) is 0.659. The second kappa shape index (κ2) is 6.55. The first-order valence-corrected chi connectivity index (χ1v) is 4.97. The number of aromatic nitrogens is 2. The highest BCUT2D eigenvalue weighted by Gasteiger charge is 2.05. The summed E-state index contributed by atoms with van der Waals surface area (Å²) in [4.78, 5) is 0. The van der Waals surface area contributed by atoms with Crippen LogP contribution in [0.2, 0.25) is 0 Å². The summed E-state index contributed by atoms with van der Waals surface area (Å²) in [6.07, 6.45) is 1.31. The Kier molecular flexibility index (Phi) is 5.31. The fourth-order valence-corrected chi connectivity index (χ4v) is 1.20. The molecule has 0 fully saturated rings. The van der Waals surface area contributed by atoms with E-state index in [4.69, 9.17) is 9.47 Å². The molecule has 0 aliphatic carbocycles. The van der Waals surface area contributed by atoms with E-state index in [0.717, 1.165) is 5.69 Å². The molecule has 1 rings (SSSR count). The molecule has 1 heterocycles. The van der Waals surface area contributed by atoms with Gasteiger partial charge in [-0.1, -0.05) is 0 Å². The van der Waals surface area contributed by atoms with Crippen molar-refractivity contribution in [3.63, 3.8) is 0 Å². The number of aliphatic hydroxyl groups excluding tert-OH is 1. The molecule has 1 N–H and O–H groups in total. The van der Waals surface area contributed by atoms with Crippen LogP contribution in [-0.4, -0.2) is 47.9 Å². The van der Waals surface area contributed by atoms with Crippen LogP contribution in [0, 0.1) is 6.92 Å². The molecular formula is C10H18N2O3. The van der Waals surface area contributed by atoms with Crippen molar-refractivity contribution in [2.75, 3.05) is 26.9 Å². The van der Waals surface area contributed by atoms with Gasteiger partial charge in [-0.2, -0.15) is 5.10 Å². The third-order valence-corrected chi connectivity index (χ3v) is 1.91. The monoisotopic (exact) mass is 214 g/mol. The van der Waals surface area contributed by atoms with Crippen LogP contribution in [0.3, 0.4) is 0 Å². The van der Waals surface area contributed by atoms with Crippen molar-refractivity contribution < 1.29 is 14.6 Å². The number of nitrogens with zero attached hydrogens (tertiary/aromatic N) is 2. The third kappa shape index (κ3) is 4.92. The van der Waals surface area contributed by atoms with Gasteiger partial charge in [-0.3, -0.25) is 4.68 Å². The Morgan fingerprint density at radius 2 is 2.33 bits per heavy atom. The Bertz CT molecular complexity index is 275. The zero-order valence-electron chi connectivity index (χ0n) is 9.22. The first-order valence-electron chi connectivity index (χ1n) is 4.97. The number of rotatable bonds is 7. The predicted molar refractivity (Wildman–Crippen MR) is 55.7 cm³/mol. The van der Waals surface area contributed by atoms with Gasteiger partial charge in [0.05, 0.1) is 38.2 Å². The van der Waals surface area contributed by atoms with Crippen LogP contribution in [0.25, 0.3) is 0 Å². The highest BCUT2D eigenvalue weighted by molar-refractivity contribution is 4.94. The molecule has 15 heavy (non-hydrogen) atoms. The molecule has 0 aliphatic heterocycles. The summed E-state index contributed by atoms with van der Waals surface area (Å²) >= 11 is 0. The SMILES string of the molecule is COCCOCC(O)Cn1ccc(C)n1. The summed E-state index contributed by atoms with van der Waals surface area (Å²) in [6.45, 7) is 3.74. The van der Waals surface area contributed by atoms with Gasteiger partial charge in [0.25, 0.3) is 0 Å². The first kappa shape index (κ1) is 12.2. The Morgan fingerprint density at radius 1 is 1.53 bits per heavy atom. The van der Waals surface area contributed by atoms with Crippen molar-refractivity contribution in [1.82, 2.24) is 9.78 Å². The number of ether oxygens (including phenoxy) is 2. The smallest absolute Gasteiger partial charge is 0.0969 e. The van der Waals surface area contributed by atoms with E-state index < -0.39 is 6.10 Å². The van der Waals surface area contributed by atoms with E-state index in [1.54, 1.807) is 11.8 Å². The molecule has 1 unspecified atom stereocenters. The van der Waals surface area contributed by atoms with Gasteiger partial charge in [-0.25, -0.2) is 0 Å². The average molecular weight is 214 g/mol. The number of aryl methyl sites for hydroxylation is 1. The molecule has 1 aromatic rings. The van der Waals surface area contributed by atoms with Crippen molar-refractivity contribution >= 4 is 0 Å². The van der Waals surface area contributed by atoms with Crippen molar-refractivity contribution in [3.05, 3.63) is 18.0 Å². The zero-order chi connectivity index (χ0) is 11.1. The molecule has 0 aliphatic rings. The first-order chi connectivity index (χ1) is 7.22. The lowest BCUT2D eigenvalue weighted by molar-refractivity contribution is 0.00595. The van der Waals surface area contributed by atoms with Gasteiger partial charge in [0.15, 0.2) is 0 Å². The number of hydrogen-bond acceptors (Lipinski definition) is 4. The summed E-state index contributed by atoms with van der Waals surface area (Å²) in [7, 11) is 1.62. The molecule has 5 nitrogen and oxygen atoms in total. The fraction of sp³-hybridized carbons (Fsp3) is 0.700. The Morgan fingerprint density at radius 3 is 2.93 bits per heavy atom. The van der Waals surface area contributed by atoms with E-state index >= 15 is 0 Å². The Balaban J connectivity index is 2.15. The van der Waals surface area contributed by atoms with Crippen LogP contribution in [0.5, 0.6) is 0 Å². The van der Waals surface area contributed by atoms with Crippen molar-refractivity contribution in [1.29, 1.82) is 0 Å². The van der Waals surface area contributed by atoms with E-state index in [9.17, 15) is 5.11 Å². The Labute approximate surface area is 89.6 Å². The zero-order valence-corrected chi connectivity index (χ0v) is 9.22. The van der Waals surface area contributed by atoms with Crippen LogP contribution in [0.4, 0.5) is 0 Å². The minimum atomic E-state index is -0.527. The fourth-order valence-electron chi connectivity index (χ4n) is 1.20. The van der Waals surface area contributed by atoms with Gasteiger partial charge in [0.2, 0.25) is 0 Å². The molecule has 0 amide bonds. The lowest BCUT2D eigenvalue weighted by atomic mass is 10.4. The van der Waals surface area contributed by atoms with Crippen molar-refractivity contribution in [2.24, 2.45) is 0 Å². The van der Waals surface area contributed by atoms with Crippen molar-refractivity contribution in [3.8, 4) is 0 Å². The molecular weight excluding hydrogens is 196 g/mol. The van der Waals surface area contributed by atoms with Gasteiger partial charge in [-0.15, -0.1) is 0 Å². The van der Waals surface area contributed by atoms with E-state index in [2.05, 4.69) is 5.10 Å². The third-order valence-electron chi connectivity index (χ3n) is 1.91. The lowest BCUT2D eigenvalue weighted by Crippen LogP contribution is -2.23. The Hall–Kier alpha value is -0.910. The second-order valence-corrected chi connectivity index (χ2v) is 3.40. The minimum Gasteiger partial charge on any atom is -0.389 e. The van der Waals surface area contributed by atoms with Crippen LogP contribution in [0.1, 0.15) is 5.69 Å². The average Bonchev–Trinajstić information content (AvgIpc) is 2.59. The molecule has 0 saturated carbocycles. The maximum atomic E-state index is 9.58. The van der Waals surface area contributed by atoms with Crippen molar-refractivity contribution in [2.45, 2.75) is 19.6 Å². The summed E-state index contributed by atoms with van der Waals surface area (Å²) in [6, 6.07) is 1.90. The number of methoxy groups -OCH3 is 1. The predicted octanol–water partition coefficient (Wildman–Crippen LogP) is 0.215. The summed E-state index contributed by atoms with van der Waals surface area (Å²) in [5, 5.41) is 13.8. The summed E-state index contributed by atoms with van der Waals surface area (Å²) in [5.74, 6) is 0. The molecule has 0 spiro atoms. The van der Waals surface area contributed by atoms with Crippen LogP contribution >= 0.6 is 0 Å². The molecule has 0 radical (unpaired) electrons. The van der Waals surface area contributed by atoms with Crippen LogP contribution in [0.15, 0.2) is 12.3 Å². The van der Waals surface area contributed by atoms with Crippen LogP contribution in [-0.2, 0) is 16.0 Å². The van der Waals surface area contributed by atoms with E-state index in [1.165, 1.54) is 0 Å². The molecule has 0 bridgehead atoms. The molecule has 0 saturated heterocycles. The largest absolute Gasteiger partial charge is 0.389 e. The molecule has 0 aromatic carbocycles. The second-order valence-electron chi connectivity index (χ2n) is 3.40. The number of hydrogen-bond donors (Lipinski definition) is 1. The molecule has 86 valence electrons.